The average Bonchev–Trinajstić information content (AvgIpc) is 2.55. The van der Waals surface area contributed by atoms with Crippen LogP contribution in [0.3, 0.4) is 0 Å². The summed E-state index contributed by atoms with van der Waals surface area (Å²) >= 11 is 0. The second-order valence-corrected chi connectivity index (χ2v) is 6.82. The number of nitrogens with one attached hydrogen (secondary N) is 2. The van der Waals surface area contributed by atoms with Crippen molar-refractivity contribution in [3.8, 4) is 0 Å². The van der Waals surface area contributed by atoms with Crippen LogP contribution in [0.25, 0.3) is 0 Å². The molecule has 25 heavy (non-hydrogen) atoms. The van der Waals surface area contributed by atoms with Crippen LogP contribution < -0.4 is 10.6 Å². The molecular weight excluding hydrogens is 312 g/mol. The fraction of sp³-hybridized carbons (Fsp3) is 0.450. The van der Waals surface area contributed by atoms with E-state index in [1.807, 2.05) is 26.0 Å². The average molecular weight is 340 g/mol. The second kappa shape index (κ2) is 8.10. The summed E-state index contributed by atoms with van der Waals surface area (Å²) < 4.78 is 0. The summed E-state index contributed by atoms with van der Waals surface area (Å²) in [5.41, 5.74) is 4.17. The van der Waals surface area contributed by atoms with Gasteiger partial charge in [-0.15, -0.1) is 0 Å². The molecule has 0 saturated heterocycles. The number of hydrogen-bond acceptors (Lipinski definition) is 4. The standard InChI is InChI=1S/C20H28N4O/c1-7-14(5)21-20-22-15(6)11-17(23-20)19(25)24-18-13(4)9-8-10-16(18)12(2)3/h8-12,14H,7H2,1-6H3,(H,24,25)(H,21,22,23). The van der Waals surface area contributed by atoms with E-state index < -0.39 is 0 Å². The van der Waals surface area contributed by atoms with Crippen LogP contribution in [0.1, 0.15) is 67.3 Å². The van der Waals surface area contributed by atoms with E-state index in [-0.39, 0.29) is 11.9 Å². The van der Waals surface area contributed by atoms with Gasteiger partial charge in [-0.2, -0.15) is 0 Å². The lowest BCUT2D eigenvalue weighted by Gasteiger charge is -2.17. The van der Waals surface area contributed by atoms with E-state index in [0.717, 1.165) is 28.9 Å². The van der Waals surface area contributed by atoms with Crippen LogP contribution in [0.2, 0.25) is 0 Å². The summed E-state index contributed by atoms with van der Waals surface area (Å²) in [7, 11) is 0. The largest absolute Gasteiger partial charge is 0.352 e. The summed E-state index contributed by atoms with van der Waals surface area (Å²) in [5, 5.41) is 6.27. The zero-order chi connectivity index (χ0) is 18.6. The van der Waals surface area contributed by atoms with Gasteiger partial charge in [0.1, 0.15) is 5.69 Å². The van der Waals surface area contributed by atoms with Gasteiger partial charge in [-0.25, -0.2) is 9.97 Å². The summed E-state index contributed by atoms with van der Waals surface area (Å²) in [6, 6.07) is 8.03. The first-order chi connectivity index (χ1) is 11.8. The van der Waals surface area contributed by atoms with Crippen molar-refractivity contribution in [2.75, 3.05) is 10.6 Å². The van der Waals surface area contributed by atoms with Crippen molar-refractivity contribution in [1.29, 1.82) is 0 Å². The van der Waals surface area contributed by atoms with Gasteiger partial charge in [-0.1, -0.05) is 39.0 Å². The van der Waals surface area contributed by atoms with Gasteiger partial charge >= 0.3 is 0 Å². The van der Waals surface area contributed by atoms with Crippen molar-refractivity contribution in [2.24, 2.45) is 0 Å². The Morgan fingerprint density at radius 3 is 2.52 bits per heavy atom. The zero-order valence-corrected chi connectivity index (χ0v) is 16.0. The first-order valence-corrected chi connectivity index (χ1v) is 8.84. The Kier molecular flexibility index (Phi) is 6.12. The molecule has 0 bridgehead atoms. The molecule has 5 heteroatoms. The van der Waals surface area contributed by atoms with Crippen molar-refractivity contribution < 1.29 is 4.79 Å². The summed E-state index contributed by atoms with van der Waals surface area (Å²) in [5.74, 6) is 0.604. The Labute approximate surface area is 150 Å². The van der Waals surface area contributed by atoms with Crippen molar-refractivity contribution in [3.05, 3.63) is 46.8 Å². The third-order valence-electron chi connectivity index (χ3n) is 4.24. The predicted octanol–water partition coefficient (Wildman–Crippen LogP) is 4.68. The van der Waals surface area contributed by atoms with Crippen LogP contribution in [0.15, 0.2) is 24.3 Å². The smallest absolute Gasteiger partial charge is 0.274 e. The molecule has 134 valence electrons. The molecule has 1 unspecified atom stereocenters. The van der Waals surface area contributed by atoms with E-state index >= 15 is 0 Å². The topological polar surface area (TPSA) is 66.9 Å². The van der Waals surface area contributed by atoms with Gasteiger partial charge in [0.05, 0.1) is 0 Å². The van der Waals surface area contributed by atoms with Crippen molar-refractivity contribution in [2.45, 2.75) is 59.9 Å². The molecule has 0 aliphatic rings. The molecule has 0 fully saturated rings. The van der Waals surface area contributed by atoms with E-state index in [2.05, 4.69) is 54.4 Å². The van der Waals surface area contributed by atoms with Crippen molar-refractivity contribution in [3.63, 3.8) is 0 Å². The fourth-order valence-corrected chi connectivity index (χ4v) is 2.59. The monoisotopic (exact) mass is 340 g/mol. The Morgan fingerprint density at radius 2 is 1.88 bits per heavy atom. The molecule has 2 N–H and O–H groups in total. The lowest BCUT2D eigenvalue weighted by atomic mass is 9.98. The van der Waals surface area contributed by atoms with Crippen LogP contribution in [0, 0.1) is 13.8 Å². The number of rotatable bonds is 6. The highest BCUT2D eigenvalue weighted by atomic mass is 16.1. The van der Waals surface area contributed by atoms with Gasteiger partial charge < -0.3 is 10.6 Å². The third kappa shape index (κ3) is 4.78. The van der Waals surface area contributed by atoms with Gasteiger partial charge in [0.25, 0.3) is 5.91 Å². The number of aryl methyl sites for hydroxylation is 2. The maximum Gasteiger partial charge on any atom is 0.274 e. The number of aromatic nitrogens is 2. The van der Waals surface area contributed by atoms with Crippen LogP contribution in [0.4, 0.5) is 11.6 Å². The highest BCUT2D eigenvalue weighted by molar-refractivity contribution is 6.04. The SMILES string of the molecule is CCC(C)Nc1nc(C)cc(C(=O)Nc2c(C)cccc2C(C)C)n1. The van der Waals surface area contributed by atoms with E-state index in [1.165, 1.54) is 0 Å². The summed E-state index contributed by atoms with van der Waals surface area (Å²) in [4.78, 5) is 21.5. The molecule has 1 heterocycles. The molecule has 2 aromatic rings. The maximum atomic E-state index is 12.8. The molecule has 0 aliphatic heterocycles. The molecule has 1 aromatic heterocycles. The van der Waals surface area contributed by atoms with Crippen LogP contribution in [-0.2, 0) is 0 Å². The first-order valence-electron chi connectivity index (χ1n) is 8.84. The maximum absolute atomic E-state index is 12.8. The van der Waals surface area contributed by atoms with Crippen LogP contribution >= 0.6 is 0 Å². The van der Waals surface area contributed by atoms with E-state index in [4.69, 9.17) is 0 Å². The first kappa shape index (κ1) is 18.9. The van der Waals surface area contributed by atoms with Crippen molar-refractivity contribution >= 4 is 17.5 Å². The van der Waals surface area contributed by atoms with Gasteiger partial charge in [0, 0.05) is 17.4 Å². The number of carbonyl (C=O) groups excluding carboxylic acids is 1. The molecule has 0 radical (unpaired) electrons. The predicted molar refractivity (Wildman–Crippen MR) is 103 cm³/mol. The fourth-order valence-electron chi connectivity index (χ4n) is 2.59. The van der Waals surface area contributed by atoms with Crippen LogP contribution in [0.5, 0.6) is 0 Å². The molecule has 0 aliphatic carbocycles. The van der Waals surface area contributed by atoms with Gasteiger partial charge in [-0.05, 0) is 50.3 Å². The van der Waals surface area contributed by atoms with Gasteiger partial charge in [0.2, 0.25) is 5.95 Å². The molecule has 1 atom stereocenters. The lowest BCUT2D eigenvalue weighted by molar-refractivity contribution is 0.102. The van der Waals surface area contributed by atoms with Crippen molar-refractivity contribution in [1.82, 2.24) is 9.97 Å². The van der Waals surface area contributed by atoms with Crippen LogP contribution in [-0.4, -0.2) is 21.9 Å². The molecule has 0 spiro atoms. The minimum absolute atomic E-state index is 0.214. The highest BCUT2D eigenvalue weighted by Crippen LogP contribution is 2.27. The quantitative estimate of drug-likeness (QED) is 0.801. The Morgan fingerprint density at radius 1 is 1.16 bits per heavy atom. The molecule has 5 nitrogen and oxygen atoms in total. The minimum Gasteiger partial charge on any atom is -0.352 e. The third-order valence-corrected chi connectivity index (χ3v) is 4.24. The molecular formula is C20H28N4O. The molecule has 1 aromatic carbocycles. The van der Waals surface area contributed by atoms with E-state index in [9.17, 15) is 4.79 Å². The Bertz CT molecular complexity index is 755. The number of benzene rings is 1. The lowest BCUT2D eigenvalue weighted by Crippen LogP contribution is -2.20. The second-order valence-electron chi connectivity index (χ2n) is 6.82. The molecule has 2 rings (SSSR count). The van der Waals surface area contributed by atoms with Gasteiger partial charge in [0.15, 0.2) is 0 Å². The normalized spacial score (nSPS) is 12.1. The summed E-state index contributed by atoms with van der Waals surface area (Å²) in [6.45, 7) is 12.3. The zero-order valence-electron chi connectivity index (χ0n) is 16.0. The number of carbonyl (C=O) groups is 1. The van der Waals surface area contributed by atoms with E-state index in [1.54, 1.807) is 6.07 Å². The minimum atomic E-state index is -0.214. The number of anilines is 2. The molecule has 0 saturated carbocycles. The van der Waals surface area contributed by atoms with Gasteiger partial charge in [-0.3, -0.25) is 4.79 Å². The number of nitrogens with zero attached hydrogens (tertiary/aromatic N) is 2. The number of para-hydroxylation sites is 1. The number of hydrogen-bond donors (Lipinski definition) is 2. The summed E-state index contributed by atoms with van der Waals surface area (Å²) in [6.07, 6.45) is 0.958. The Hall–Kier alpha value is -2.43. The Balaban J connectivity index is 2.30. The number of amides is 1. The highest BCUT2D eigenvalue weighted by Gasteiger charge is 2.16. The molecule has 1 amide bonds. The van der Waals surface area contributed by atoms with E-state index in [0.29, 0.717) is 17.6 Å².